The molecule has 1 unspecified atom stereocenters. The van der Waals surface area contributed by atoms with Crippen LogP contribution in [0.15, 0.2) is 0 Å². The van der Waals surface area contributed by atoms with E-state index in [9.17, 15) is 8.42 Å². The second-order valence-electron chi connectivity index (χ2n) is 6.66. The first-order chi connectivity index (χ1) is 9.36. The van der Waals surface area contributed by atoms with E-state index in [4.69, 9.17) is 0 Å². The summed E-state index contributed by atoms with van der Waals surface area (Å²) in [6.45, 7) is 9.48. The number of hydrogen-bond donors (Lipinski definition) is 1. The van der Waals surface area contributed by atoms with E-state index in [1.54, 1.807) is 18.3 Å². The maximum Gasteiger partial charge on any atom is 0.213 e. The van der Waals surface area contributed by atoms with Crippen LogP contribution in [0.4, 0.5) is 0 Å². The van der Waals surface area contributed by atoms with Gasteiger partial charge in [0.1, 0.15) is 0 Å². The fraction of sp³-hybridized carbons (Fsp3) is 1.00. The van der Waals surface area contributed by atoms with Crippen molar-refractivity contribution in [1.82, 2.24) is 14.5 Å². The third-order valence-electron chi connectivity index (χ3n) is 4.94. The van der Waals surface area contributed by atoms with Gasteiger partial charge in [-0.3, -0.25) is 0 Å². The first-order valence-electron chi connectivity index (χ1n) is 7.75. The lowest BCUT2D eigenvalue weighted by molar-refractivity contribution is 0.122. The quantitative estimate of drug-likeness (QED) is 0.814. The number of rotatable bonds is 5. The molecule has 0 amide bonds. The highest BCUT2D eigenvalue weighted by atomic mass is 32.2. The molecule has 2 aliphatic heterocycles. The summed E-state index contributed by atoms with van der Waals surface area (Å²) >= 11 is 0. The fourth-order valence-electron chi connectivity index (χ4n) is 3.42. The van der Waals surface area contributed by atoms with E-state index in [0.29, 0.717) is 5.41 Å². The molecule has 6 heteroatoms. The Labute approximate surface area is 123 Å². The van der Waals surface area contributed by atoms with Gasteiger partial charge in [-0.2, -0.15) is 0 Å². The van der Waals surface area contributed by atoms with Crippen LogP contribution < -0.4 is 5.32 Å². The lowest BCUT2D eigenvalue weighted by atomic mass is 9.88. The average molecular weight is 303 g/mol. The summed E-state index contributed by atoms with van der Waals surface area (Å²) < 4.78 is 25.4. The highest BCUT2D eigenvalue weighted by molar-refractivity contribution is 7.89. The largest absolute Gasteiger partial charge is 0.316 e. The summed E-state index contributed by atoms with van der Waals surface area (Å²) in [5, 5.41) is 3.44. The van der Waals surface area contributed by atoms with Crippen LogP contribution in [0.2, 0.25) is 0 Å². The van der Waals surface area contributed by atoms with Crippen molar-refractivity contribution in [3.05, 3.63) is 0 Å². The second-order valence-corrected chi connectivity index (χ2v) is 8.98. The predicted octanol–water partition coefficient (Wildman–Crippen LogP) is 0.732. The molecular weight excluding hydrogens is 274 g/mol. The Balaban J connectivity index is 1.83. The van der Waals surface area contributed by atoms with Gasteiger partial charge >= 0.3 is 0 Å². The molecule has 0 aliphatic carbocycles. The summed E-state index contributed by atoms with van der Waals surface area (Å²) in [4.78, 5) is 2.51. The molecule has 0 aromatic heterocycles. The first kappa shape index (κ1) is 16.2. The second kappa shape index (κ2) is 6.30. The number of piperidine rings is 1. The SMILES string of the molecule is CCS(=O)(=O)N(C)C1CCN(CC2(C)CCNC2)CC1. The predicted molar refractivity (Wildman–Crippen MR) is 82.3 cm³/mol. The molecule has 1 atom stereocenters. The zero-order chi connectivity index (χ0) is 14.8. The van der Waals surface area contributed by atoms with Crippen LogP contribution in [-0.4, -0.2) is 69.2 Å². The van der Waals surface area contributed by atoms with Crippen LogP contribution >= 0.6 is 0 Å². The van der Waals surface area contributed by atoms with Gasteiger partial charge in [-0.05, 0) is 51.2 Å². The molecule has 2 heterocycles. The molecular formula is C14H29N3O2S. The fourth-order valence-corrected chi connectivity index (χ4v) is 4.49. The Kier molecular flexibility index (Phi) is 5.10. The van der Waals surface area contributed by atoms with Gasteiger partial charge in [0, 0.05) is 26.2 Å². The Bertz CT molecular complexity index is 410. The van der Waals surface area contributed by atoms with Gasteiger partial charge in [0.05, 0.1) is 5.75 Å². The van der Waals surface area contributed by atoms with E-state index < -0.39 is 10.0 Å². The van der Waals surface area contributed by atoms with E-state index in [2.05, 4.69) is 17.1 Å². The zero-order valence-electron chi connectivity index (χ0n) is 13.1. The van der Waals surface area contributed by atoms with Crippen LogP contribution in [0.5, 0.6) is 0 Å². The van der Waals surface area contributed by atoms with E-state index in [1.807, 2.05) is 0 Å². The zero-order valence-corrected chi connectivity index (χ0v) is 13.9. The maximum atomic E-state index is 11.9. The van der Waals surface area contributed by atoms with Crippen molar-refractivity contribution >= 4 is 10.0 Å². The van der Waals surface area contributed by atoms with E-state index >= 15 is 0 Å². The minimum Gasteiger partial charge on any atom is -0.316 e. The molecule has 2 aliphatic rings. The maximum absolute atomic E-state index is 11.9. The first-order valence-corrected chi connectivity index (χ1v) is 9.36. The molecule has 1 N–H and O–H groups in total. The number of nitrogens with one attached hydrogen (secondary N) is 1. The summed E-state index contributed by atoms with van der Waals surface area (Å²) in [5.74, 6) is 0.202. The van der Waals surface area contributed by atoms with Gasteiger partial charge < -0.3 is 10.2 Å². The minimum absolute atomic E-state index is 0.186. The summed E-state index contributed by atoms with van der Waals surface area (Å²) in [5.41, 5.74) is 0.397. The summed E-state index contributed by atoms with van der Waals surface area (Å²) in [7, 11) is -1.31. The Morgan fingerprint density at radius 2 is 2.00 bits per heavy atom. The normalized spacial score (nSPS) is 30.2. The smallest absolute Gasteiger partial charge is 0.213 e. The molecule has 0 bridgehead atoms. The molecule has 20 heavy (non-hydrogen) atoms. The van der Waals surface area contributed by atoms with Crippen molar-refractivity contribution in [2.24, 2.45) is 5.41 Å². The van der Waals surface area contributed by atoms with Crippen molar-refractivity contribution in [3.63, 3.8) is 0 Å². The number of likely N-dealkylation sites (tertiary alicyclic amines) is 1. The van der Waals surface area contributed by atoms with Gasteiger partial charge in [0.15, 0.2) is 0 Å². The molecule has 2 saturated heterocycles. The monoisotopic (exact) mass is 303 g/mol. The Morgan fingerprint density at radius 3 is 2.50 bits per heavy atom. The lowest BCUT2D eigenvalue weighted by Crippen LogP contribution is -2.48. The van der Waals surface area contributed by atoms with Crippen LogP contribution in [0, 0.1) is 5.41 Å². The average Bonchev–Trinajstić information content (AvgIpc) is 2.85. The van der Waals surface area contributed by atoms with Gasteiger partial charge in [-0.15, -0.1) is 0 Å². The van der Waals surface area contributed by atoms with Crippen molar-refractivity contribution in [1.29, 1.82) is 0 Å². The van der Waals surface area contributed by atoms with Crippen LogP contribution in [0.3, 0.4) is 0 Å². The highest BCUT2D eigenvalue weighted by Gasteiger charge is 2.34. The Morgan fingerprint density at radius 1 is 1.35 bits per heavy atom. The molecule has 0 saturated carbocycles. The van der Waals surface area contributed by atoms with Gasteiger partial charge in [-0.25, -0.2) is 12.7 Å². The van der Waals surface area contributed by atoms with Gasteiger partial charge in [0.25, 0.3) is 0 Å². The van der Waals surface area contributed by atoms with Crippen molar-refractivity contribution < 1.29 is 8.42 Å². The molecule has 0 aromatic rings. The molecule has 0 radical (unpaired) electrons. The summed E-state index contributed by atoms with van der Waals surface area (Å²) in [6, 6.07) is 0.186. The third-order valence-corrected chi connectivity index (χ3v) is 6.84. The third kappa shape index (κ3) is 3.72. The van der Waals surface area contributed by atoms with Crippen molar-refractivity contribution in [2.45, 2.75) is 39.2 Å². The molecule has 118 valence electrons. The Hall–Kier alpha value is -0.170. The summed E-state index contributed by atoms with van der Waals surface area (Å²) in [6.07, 6.45) is 3.16. The molecule has 0 aromatic carbocycles. The van der Waals surface area contributed by atoms with Gasteiger partial charge in [-0.1, -0.05) is 6.92 Å². The van der Waals surface area contributed by atoms with E-state index in [1.165, 1.54) is 6.42 Å². The highest BCUT2D eigenvalue weighted by Crippen LogP contribution is 2.28. The van der Waals surface area contributed by atoms with Crippen LogP contribution in [0.25, 0.3) is 0 Å². The minimum atomic E-state index is -3.04. The number of sulfonamides is 1. The van der Waals surface area contributed by atoms with Crippen LogP contribution in [-0.2, 0) is 10.0 Å². The number of hydrogen-bond acceptors (Lipinski definition) is 4. The molecule has 5 nitrogen and oxygen atoms in total. The topological polar surface area (TPSA) is 52.7 Å². The van der Waals surface area contributed by atoms with E-state index in [0.717, 1.165) is 45.6 Å². The van der Waals surface area contributed by atoms with Crippen LogP contribution in [0.1, 0.15) is 33.1 Å². The molecule has 2 fully saturated rings. The lowest BCUT2D eigenvalue weighted by Gasteiger charge is -2.39. The number of nitrogens with zero attached hydrogens (tertiary/aromatic N) is 2. The van der Waals surface area contributed by atoms with Gasteiger partial charge in [0.2, 0.25) is 10.0 Å². The standard InChI is InChI=1S/C14H29N3O2S/c1-4-20(18,19)16(3)13-5-9-17(10-6-13)12-14(2)7-8-15-11-14/h13,15H,4-12H2,1-3H3. The van der Waals surface area contributed by atoms with Crippen molar-refractivity contribution in [3.8, 4) is 0 Å². The van der Waals surface area contributed by atoms with E-state index in [-0.39, 0.29) is 11.8 Å². The molecule has 0 spiro atoms. The molecule has 2 rings (SSSR count). The van der Waals surface area contributed by atoms with Crippen molar-refractivity contribution in [2.75, 3.05) is 45.5 Å².